The molecule has 1 rings (SSSR count). The number of ether oxygens (including phenoxy) is 1. The highest BCUT2D eigenvalue weighted by atomic mass is 16.6. The van der Waals surface area contributed by atoms with Gasteiger partial charge >= 0.3 is 5.69 Å². The molecule has 1 aromatic rings. The SMILES string of the molecule is COCC(C)CNc1cccc(C#N)c1[N+](=O)[O-]. The molecule has 0 aliphatic carbocycles. The third-order valence-corrected chi connectivity index (χ3v) is 2.43. The van der Waals surface area contributed by atoms with Gasteiger partial charge in [0.05, 0.1) is 11.5 Å². The lowest BCUT2D eigenvalue weighted by molar-refractivity contribution is -0.384. The number of nitrogens with one attached hydrogen (secondary N) is 1. The van der Waals surface area contributed by atoms with Crippen LogP contribution in [0.25, 0.3) is 0 Å². The molecule has 0 amide bonds. The number of benzene rings is 1. The Balaban J connectivity index is 2.89. The maximum Gasteiger partial charge on any atom is 0.309 e. The van der Waals surface area contributed by atoms with Gasteiger partial charge in [-0.25, -0.2) is 0 Å². The van der Waals surface area contributed by atoms with E-state index in [-0.39, 0.29) is 17.2 Å². The highest BCUT2D eigenvalue weighted by Crippen LogP contribution is 2.28. The van der Waals surface area contributed by atoms with Crippen molar-refractivity contribution in [1.29, 1.82) is 5.26 Å². The van der Waals surface area contributed by atoms with E-state index in [1.807, 2.05) is 13.0 Å². The van der Waals surface area contributed by atoms with Crippen molar-refractivity contribution >= 4 is 11.4 Å². The van der Waals surface area contributed by atoms with Crippen LogP contribution in [0.4, 0.5) is 11.4 Å². The van der Waals surface area contributed by atoms with Gasteiger partial charge in [0, 0.05) is 13.7 Å². The number of nitriles is 1. The minimum Gasteiger partial charge on any atom is -0.384 e. The average molecular weight is 249 g/mol. The monoisotopic (exact) mass is 249 g/mol. The van der Waals surface area contributed by atoms with Crippen molar-refractivity contribution < 1.29 is 9.66 Å². The Morgan fingerprint density at radius 3 is 2.89 bits per heavy atom. The van der Waals surface area contributed by atoms with Gasteiger partial charge < -0.3 is 10.1 Å². The number of nitro groups is 1. The number of hydrogen-bond acceptors (Lipinski definition) is 5. The van der Waals surface area contributed by atoms with Crippen LogP contribution in [0.15, 0.2) is 18.2 Å². The second-order valence-electron chi connectivity index (χ2n) is 4.01. The smallest absolute Gasteiger partial charge is 0.309 e. The van der Waals surface area contributed by atoms with Crippen LogP contribution >= 0.6 is 0 Å². The molecule has 0 saturated heterocycles. The molecule has 18 heavy (non-hydrogen) atoms. The van der Waals surface area contributed by atoms with E-state index in [4.69, 9.17) is 10.00 Å². The van der Waals surface area contributed by atoms with Gasteiger partial charge in [-0.2, -0.15) is 5.26 Å². The normalized spacial score (nSPS) is 11.6. The Labute approximate surface area is 105 Å². The van der Waals surface area contributed by atoms with Crippen LogP contribution in [0.3, 0.4) is 0 Å². The zero-order chi connectivity index (χ0) is 13.5. The molecule has 0 radical (unpaired) electrons. The molecule has 0 aliphatic heterocycles. The molecule has 1 N–H and O–H groups in total. The summed E-state index contributed by atoms with van der Waals surface area (Å²) in [5.74, 6) is 0.223. The van der Waals surface area contributed by atoms with Crippen molar-refractivity contribution in [3.05, 3.63) is 33.9 Å². The first-order chi connectivity index (χ1) is 8.60. The van der Waals surface area contributed by atoms with Gasteiger partial charge in [0.25, 0.3) is 0 Å². The first-order valence-electron chi connectivity index (χ1n) is 5.50. The number of rotatable bonds is 6. The molecule has 0 bridgehead atoms. The Morgan fingerprint density at radius 1 is 1.61 bits per heavy atom. The fourth-order valence-electron chi connectivity index (χ4n) is 1.60. The van der Waals surface area contributed by atoms with E-state index in [0.717, 1.165) is 0 Å². The molecular weight excluding hydrogens is 234 g/mol. The predicted octanol–water partition coefficient (Wildman–Crippen LogP) is 2.16. The fourth-order valence-corrected chi connectivity index (χ4v) is 1.60. The lowest BCUT2D eigenvalue weighted by atomic mass is 10.1. The number of methoxy groups -OCH3 is 1. The van der Waals surface area contributed by atoms with Gasteiger partial charge in [-0.15, -0.1) is 0 Å². The largest absolute Gasteiger partial charge is 0.384 e. The standard InChI is InChI=1S/C12H15N3O3/c1-9(8-18-2)7-14-11-5-3-4-10(6-13)12(11)15(16)17/h3-5,9,14H,7-8H2,1-2H3. The van der Waals surface area contributed by atoms with E-state index in [2.05, 4.69) is 5.32 Å². The molecule has 0 fully saturated rings. The topological polar surface area (TPSA) is 88.2 Å². The maximum absolute atomic E-state index is 11.0. The van der Waals surface area contributed by atoms with E-state index in [9.17, 15) is 10.1 Å². The second-order valence-corrected chi connectivity index (χ2v) is 4.01. The molecule has 1 atom stereocenters. The van der Waals surface area contributed by atoms with E-state index in [0.29, 0.717) is 18.8 Å². The predicted molar refractivity (Wildman–Crippen MR) is 67.3 cm³/mol. The van der Waals surface area contributed by atoms with Gasteiger partial charge in [0.15, 0.2) is 0 Å². The van der Waals surface area contributed by atoms with E-state index < -0.39 is 4.92 Å². The van der Waals surface area contributed by atoms with Crippen LogP contribution < -0.4 is 5.32 Å². The van der Waals surface area contributed by atoms with E-state index >= 15 is 0 Å². The van der Waals surface area contributed by atoms with Crippen molar-refractivity contribution in [2.24, 2.45) is 5.92 Å². The summed E-state index contributed by atoms with van der Waals surface area (Å²) in [4.78, 5) is 10.4. The van der Waals surface area contributed by atoms with E-state index in [1.54, 1.807) is 19.2 Å². The summed E-state index contributed by atoms with van der Waals surface area (Å²) < 4.78 is 4.99. The molecule has 0 heterocycles. The van der Waals surface area contributed by atoms with Gasteiger partial charge in [0.1, 0.15) is 17.3 Å². The maximum atomic E-state index is 11.0. The molecule has 6 heteroatoms. The van der Waals surface area contributed by atoms with Crippen molar-refractivity contribution in [2.45, 2.75) is 6.92 Å². The van der Waals surface area contributed by atoms with Crippen LogP contribution in [0, 0.1) is 27.4 Å². The summed E-state index contributed by atoms with van der Waals surface area (Å²) >= 11 is 0. The molecule has 0 saturated carbocycles. The quantitative estimate of drug-likeness (QED) is 0.616. The van der Waals surface area contributed by atoms with Gasteiger partial charge in [-0.3, -0.25) is 10.1 Å². The molecular formula is C12H15N3O3. The van der Waals surface area contributed by atoms with Crippen LogP contribution in [0.1, 0.15) is 12.5 Å². The first kappa shape index (κ1) is 13.9. The Kier molecular flexibility index (Phi) is 5.08. The molecule has 6 nitrogen and oxygen atoms in total. The zero-order valence-corrected chi connectivity index (χ0v) is 10.3. The first-order valence-corrected chi connectivity index (χ1v) is 5.50. The van der Waals surface area contributed by atoms with Crippen LogP contribution in [0.5, 0.6) is 0 Å². The van der Waals surface area contributed by atoms with Crippen molar-refractivity contribution in [3.63, 3.8) is 0 Å². The summed E-state index contributed by atoms with van der Waals surface area (Å²) in [5, 5.41) is 22.8. The molecule has 1 aromatic carbocycles. The summed E-state index contributed by atoms with van der Waals surface area (Å²) in [6, 6.07) is 6.47. The third kappa shape index (κ3) is 3.43. The Morgan fingerprint density at radius 2 is 2.33 bits per heavy atom. The lowest BCUT2D eigenvalue weighted by Gasteiger charge is -2.12. The number of para-hydroxylation sites is 1. The number of hydrogen-bond donors (Lipinski definition) is 1. The lowest BCUT2D eigenvalue weighted by Crippen LogP contribution is -2.16. The zero-order valence-electron chi connectivity index (χ0n) is 10.3. The highest BCUT2D eigenvalue weighted by Gasteiger charge is 2.19. The van der Waals surface area contributed by atoms with Crippen molar-refractivity contribution in [2.75, 3.05) is 25.6 Å². The molecule has 0 aromatic heterocycles. The van der Waals surface area contributed by atoms with Crippen LogP contribution in [0.2, 0.25) is 0 Å². The summed E-state index contributed by atoms with van der Waals surface area (Å²) in [6.07, 6.45) is 0. The van der Waals surface area contributed by atoms with Gasteiger partial charge in [-0.05, 0) is 18.1 Å². The number of nitrogens with zero attached hydrogens (tertiary/aromatic N) is 2. The van der Waals surface area contributed by atoms with Gasteiger partial charge in [0.2, 0.25) is 0 Å². The van der Waals surface area contributed by atoms with Gasteiger partial charge in [-0.1, -0.05) is 13.0 Å². The summed E-state index contributed by atoms with van der Waals surface area (Å²) in [7, 11) is 1.61. The minimum atomic E-state index is -0.540. The minimum absolute atomic E-state index is 0.0596. The Hall–Kier alpha value is -2.13. The average Bonchev–Trinajstić information content (AvgIpc) is 2.35. The summed E-state index contributed by atoms with van der Waals surface area (Å²) in [5.41, 5.74) is 0.246. The van der Waals surface area contributed by atoms with Crippen molar-refractivity contribution in [1.82, 2.24) is 0 Å². The second kappa shape index (κ2) is 6.57. The highest BCUT2D eigenvalue weighted by molar-refractivity contribution is 5.68. The van der Waals surface area contributed by atoms with Crippen LogP contribution in [-0.2, 0) is 4.74 Å². The molecule has 96 valence electrons. The molecule has 1 unspecified atom stereocenters. The fraction of sp³-hybridized carbons (Fsp3) is 0.417. The third-order valence-electron chi connectivity index (χ3n) is 2.43. The van der Waals surface area contributed by atoms with Crippen molar-refractivity contribution in [3.8, 4) is 6.07 Å². The Bertz CT molecular complexity index is 468. The number of anilines is 1. The van der Waals surface area contributed by atoms with E-state index in [1.165, 1.54) is 6.07 Å². The molecule has 0 aliphatic rings. The van der Waals surface area contributed by atoms with Crippen LogP contribution in [-0.4, -0.2) is 25.2 Å². The summed E-state index contributed by atoms with van der Waals surface area (Å²) in [6.45, 7) is 3.08. The number of nitro benzene ring substituents is 1. The molecule has 0 spiro atoms.